The van der Waals surface area contributed by atoms with Crippen molar-refractivity contribution in [1.82, 2.24) is 19.8 Å². The molecule has 0 spiro atoms. The largest absolute Gasteiger partial charge is 0.356 e. The average molecular weight is 885 g/mol. The van der Waals surface area contributed by atoms with E-state index in [1.165, 1.54) is 171 Å². The summed E-state index contributed by atoms with van der Waals surface area (Å²) in [6.45, 7) is 7.60. The summed E-state index contributed by atoms with van der Waals surface area (Å²) in [6, 6.07) is 23.0. The third kappa shape index (κ3) is 17.0. The molecule has 0 aliphatic carbocycles. The maximum atomic E-state index is 11.4. The van der Waals surface area contributed by atoms with Crippen LogP contribution in [0.2, 0.25) is 0 Å². The lowest BCUT2D eigenvalue weighted by Crippen LogP contribution is -2.23. The molecule has 0 bridgehead atoms. The Morgan fingerprint density at radius 2 is 0.721 bits per heavy atom. The highest BCUT2D eigenvalue weighted by Gasteiger charge is 2.18. The zero-order valence-corrected chi connectivity index (χ0v) is 40.1. The van der Waals surface area contributed by atoms with E-state index >= 15 is 0 Å². The zero-order chi connectivity index (χ0) is 42.7. The summed E-state index contributed by atoms with van der Waals surface area (Å²) in [5.74, 6) is 0.341. The van der Waals surface area contributed by atoms with E-state index in [-0.39, 0.29) is 11.8 Å². The second kappa shape index (κ2) is 29.1. The van der Waals surface area contributed by atoms with Crippen LogP contribution in [0, 0.1) is 0 Å². The van der Waals surface area contributed by atoms with E-state index in [1.807, 2.05) is 47.9 Å². The topological polar surface area (TPSA) is 68.1 Å². The van der Waals surface area contributed by atoms with Crippen LogP contribution in [0.15, 0.2) is 71.4 Å². The third-order valence-corrected chi connectivity index (χ3v) is 14.9. The average Bonchev–Trinajstić information content (AvgIpc) is 4.14. The molecule has 0 radical (unpaired) electrons. The summed E-state index contributed by atoms with van der Waals surface area (Å²) in [6.07, 6.45) is 29.4. The molecule has 0 saturated heterocycles. The lowest BCUT2D eigenvalue weighted by Gasteiger charge is -2.13. The van der Waals surface area contributed by atoms with Gasteiger partial charge >= 0.3 is 0 Å². The first-order valence-electron chi connectivity index (χ1n) is 24.2. The van der Waals surface area contributed by atoms with Crippen LogP contribution in [0.3, 0.4) is 0 Å². The first-order chi connectivity index (χ1) is 30.1. The molecule has 2 N–H and O–H groups in total. The molecular formula is C52H76N4O2S3. The summed E-state index contributed by atoms with van der Waals surface area (Å²) >= 11 is 5.63. The molecule has 0 fully saturated rings. The predicted octanol–water partition coefficient (Wildman–Crippen LogP) is 15.8. The minimum Gasteiger partial charge on any atom is -0.356 e. The van der Waals surface area contributed by atoms with Crippen LogP contribution in [-0.4, -0.2) is 34.0 Å². The standard InChI is InChI=1S/C52H76N4O2S3/c1-3-51(57)53-37-23-19-15-11-7-5-9-13-17-21-25-39-55-43(47-29-27-41-59-47)31-33-45(55)49-35-36-50(61-49)46-34-32-44(48-30-28-42-60-48)56(46)40-26-22-18-14-10-6-8-12-16-20-24-38-54-52(58)4-2/h27-36,41-42H,3-26,37-40H2,1-2H3,(H,53,57)(H,54,58). The molecular weight excluding hydrogens is 809 g/mol. The highest BCUT2D eigenvalue weighted by atomic mass is 32.1. The highest BCUT2D eigenvalue weighted by molar-refractivity contribution is 7.18. The highest BCUT2D eigenvalue weighted by Crippen LogP contribution is 2.40. The molecule has 0 atom stereocenters. The van der Waals surface area contributed by atoms with E-state index in [0.29, 0.717) is 12.8 Å². The van der Waals surface area contributed by atoms with Crippen LogP contribution in [0.4, 0.5) is 0 Å². The molecule has 0 aliphatic heterocycles. The maximum absolute atomic E-state index is 11.4. The quantitative estimate of drug-likeness (QED) is 0.0404. The molecule has 61 heavy (non-hydrogen) atoms. The van der Waals surface area contributed by atoms with Crippen LogP contribution in [0.5, 0.6) is 0 Å². The lowest BCUT2D eigenvalue weighted by molar-refractivity contribution is -0.121. The fourth-order valence-corrected chi connectivity index (χ4v) is 11.0. The zero-order valence-electron chi connectivity index (χ0n) is 37.7. The molecule has 0 saturated carbocycles. The fourth-order valence-electron chi connectivity index (χ4n) is 8.42. The molecule has 0 aliphatic rings. The molecule has 5 rings (SSSR count). The number of hydrogen-bond acceptors (Lipinski definition) is 5. The third-order valence-electron chi connectivity index (χ3n) is 12.0. The van der Waals surface area contributed by atoms with E-state index in [2.05, 4.69) is 91.2 Å². The van der Waals surface area contributed by atoms with E-state index in [4.69, 9.17) is 0 Å². The Morgan fingerprint density at radius 1 is 0.410 bits per heavy atom. The monoisotopic (exact) mass is 885 g/mol. The number of nitrogens with zero attached hydrogens (tertiary/aromatic N) is 2. The minimum absolute atomic E-state index is 0.171. The number of carbonyl (C=O) groups excluding carboxylic acids is 2. The first-order valence-corrected chi connectivity index (χ1v) is 26.8. The van der Waals surface area contributed by atoms with Gasteiger partial charge in [0, 0.05) is 39.0 Å². The van der Waals surface area contributed by atoms with E-state index in [0.717, 1.165) is 39.0 Å². The van der Waals surface area contributed by atoms with Gasteiger partial charge in [-0.1, -0.05) is 142 Å². The number of hydrogen-bond donors (Lipinski definition) is 2. The van der Waals surface area contributed by atoms with Gasteiger partial charge in [0.15, 0.2) is 0 Å². The Balaban J connectivity index is 1.07. The summed E-state index contributed by atoms with van der Waals surface area (Å²) in [5, 5.41) is 10.4. The van der Waals surface area contributed by atoms with Crippen molar-refractivity contribution in [1.29, 1.82) is 0 Å². The summed E-state index contributed by atoms with van der Waals surface area (Å²) in [5.41, 5.74) is 5.39. The Kier molecular flexibility index (Phi) is 23.2. The Labute approximate surface area is 381 Å². The van der Waals surface area contributed by atoms with Gasteiger partial charge in [0.25, 0.3) is 0 Å². The van der Waals surface area contributed by atoms with Gasteiger partial charge in [0.2, 0.25) is 11.8 Å². The summed E-state index contributed by atoms with van der Waals surface area (Å²) in [4.78, 5) is 28.2. The Bertz CT molecular complexity index is 1770. The van der Waals surface area contributed by atoms with Gasteiger partial charge in [-0.2, -0.15) is 0 Å². The molecule has 2 amide bonds. The second-order valence-corrected chi connectivity index (χ2v) is 19.8. The van der Waals surface area contributed by atoms with Crippen molar-refractivity contribution in [3.63, 3.8) is 0 Å². The molecule has 5 heterocycles. The second-order valence-electron chi connectivity index (χ2n) is 16.8. The van der Waals surface area contributed by atoms with Gasteiger partial charge in [-0.15, -0.1) is 34.0 Å². The number of carbonyl (C=O) groups is 2. The number of aromatic nitrogens is 2. The molecule has 0 unspecified atom stereocenters. The number of rotatable bonds is 34. The number of nitrogens with one attached hydrogen (secondary N) is 2. The Morgan fingerprint density at radius 3 is 1.03 bits per heavy atom. The van der Waals surface area contributed by atoms with Gasteiger partial charge in [-0.3, -0.25) is 9.59 Å². The number of amides is 2. The van der Waals surface area contributed by atoms with Crippen LogP contribution in [0.25, 0.3) is 42.3 Å². The molecule has 9 heteroatoms. The Hall–Kier alpha value is -3.40. The van der Waals surface area contributed by atoms with Crippen LogP contribution in [-0.2, 0) is 22.7 Å². The van der Waals surface area contributed by atoms with Crippen molar-refractivity contribution in [3.05, 3.63) is 71.4 Å². The number of unbranched alkanes of at least 4 members (excludes halogenated alkanes) is 20. The summed E-state index contributed by atoms with van der Waals surface area (Å²) in [7, 11) is 0. The maximum Gasteiger partial charge on any atom is 0.219 e. The molecule has 5 aromatic rings. The van der Waals surface area contributed by atoms with Crippen LogP contribution < -0.4 is 10.6 Å². The van der Waals surface area contributed by atoms with Crippen molar-refractivity contribution in [3.8, 4) is 42.3 Å². The van der Waals surface area contributed by atoms with Crippen molar-refractivity contribution < 1.29 is 9.59 Å². The molecule has 334 valence electrons. The van der Waals surface area contributed by atoms with Crippen molar-refractivity contribution in [2.45, 2.75) is 181 Å². The smallest absolute Gasteiger partial charge is 0.219 e. The molecule has 0 aromatic carbocycles. The van der Waals surface area contributed by atoms with Gasteiger partial charge in [-0.05, 0) is 85.0 Å². The summed E-state index contributed by atoms with van der Waals surface area (Å²) < 4.78 is 5.20. The van der Waals surface area contributed by atoms with Gasteiger partial charge in [-0.25, -0.2) is 0 Å². The molecule has 5 aromatic heterocycles. The van der Waals surface area contributed by atoms with Crippen LogP contribution in [0.1, 0.15) is 168 Å². The normalized spacial score (nSPS) is 11.4. The van der Waals surface area contributed by atoms with Crippen LogP contribution >= 0.6 is 34.0 Å². The molecule has 6 nitrogen and oxygen atoms in total. The van der Waals surface area contributed by atoms with Gasteiger partial charge in [0.05, 0.1) is 42.3 Å². The van der Waals surface area contributed by atoms with Gasteiger partial charge in [0.1, 0.15) is 0 Å². The minimum atomic E-state index is 0.171. The van der Waals surface area contributed by atoms with Gasteiger partial charge < -0.3 is 19.8 Å². The van der Waals surface area contributed by atoms with Crippen molar-refractivity contribution in [2.75, 3.05) is 13.1 Å². The number of thiophene rings is 3. The predicted molar refractivity (Wildman–Crippen MR) is 266 cm³/mol. The SMILES string of the molecule is CCC(=O)NCCCCCCCCCCCCCn1c(-c2cccs2)ccc1-c1ccc(-c2ccc(-c3cccs3)n2CCCCCCCCCCCCCNC(=O)CC)s1. The van der Waals surface area contributed by atoms with E-state index in [9.17, 15) is 9.59 Å². The van der Waals surface area contributed by atoms with Crippen molar-refractivity contribution >= 4 is 45.8 Å². The first kappa shape index (κ1) is 48.6. The fraction of sp³-hybridized carbons (Fsp3) is 0.577. The van der Waals surface area contributed by atoms with Crippen molar-refractivity contribution in [2.24, 2.45) is 0 Å². The van der Waals surface area contributed by atoms with E-state index < -0.39 is 0 Å². The van der Waals surface area contributed by atoms with E-state index in [1.54, 1.807) is 0 Å². The lowest BCUT2D eigenvalue weighted by atomic mass is 10.1.